The third-order valence-corrected chi connectivity index (χ3v) is 7.01. The Hall–Kier alpha value is -2.71. The first-order chi connectivity index (χ1) is 17.4. The highest BCUT2D eigenvalue weighted by Gasteiger charge is 2.20. The lowest BCUT2D eigenvalue weighted by atomic mass is 10.0. The molecule has 1 aromatic heterocycles. The minimum Gasteiger partial charge on any atom is -0.490 e. The average Bonchev–Trinajstić information content (AvgIpc) is 3.26. The van der Waals surface area contributed by atoms with Crippen molar-refractivity contribution in [1.29, 1.82) is 0 Å². The van der Waals surface area contributed by atoms with Crippen LogP contribution in [0.25, 0.3) is 10.9 Å². The van der Waals surface area contributed by atoms with Crippen LogP contribution in [-0.2, 0) is 24.4 Å². The maximum Gasteiger partial charge on any atom is 0.321 e. The Morgan fingerprint density at radius 2 is 1.89 bits per heavy atom. The monoisotopic (exact) mass is 590 g/mol. The second-order valence-electron chi connectivity index (χ2n) is 8.21. The summed E-state index contributed by atoms with van der Waals surface area (Å²) in [5.41, 5.74) is 3.66. The zero-order valence-corrected chi connectivity index (χ0v) is 22.6. The number of fused-ring (bicyclic) bond motifs is 1. The van der Waals surface area contributed by atoms with E-state index in [1.54, 1.807) is 12.1 Å². The summed E-state index contributed by atoms with van der Waals surface area (Å²) < 4.78 is 12.6. The van der Waals surface area contributed by atoms with E-state index >= 15 is 0 Å². The van der Waals surface area contributed by atoms with E-state index in [1.807, 2.05) is 55.6 Å². The van der Waals surface area contributed by atoms with Crippen molar-refractivity contribution in [2.75, 3.05) is 6.61 Å². The second-order valence-corrected chi connectivity index (χ2v) is 9.88. The SMILES string of the molecule is CCOc1cc(CNC(Cc2c[nH]c3ccccc23)C(=O)O)cc(Br)c1OCc1ccc(Cl)c(Cl)c1. The minimum absolute atomic E-state index is 0.277. The van der Waals surface area contributed by atoms with Gasteiger partial charge in [-0.05, 0) is 69.9 Å². The normalized spacial score (nSPS) is 12.0. The van der Waals surface area contributed by atoms with Crippen LogP contribution in [-0.4, -0.2) is 28.7 Å². The number of H-pyrrole nitrogens is 1. The topological polar surface area (TPSA) is 83.6 Å². The van der Waals surface area contributed by atoms with Gasteiger partial charge < -0.3 is 24.9 Å². The Morgan fingerprint density at radius 3 is 2.64 bits per heavy atom. The molecule has 4 rings (SSSR count). The predicted octanol–water partition coefficient (Wildman–Crippen LogP) is 7.00. The molecule has 6 nitrogen and oxygen atoms in total. The van der Waals surface area contributed by atoms with E-state index in [0.717, 1.165) is 27.6 Å². The van der Waals surface area contributed by atoms with Crippen LogP contribution in [0.4, 0.5) is 0 Å². The average molecular weight is 592 g/mol. The van der Waals surface area contributed by atoms with Gasteiger partial charge in [-0.15, -0.1) is 0 Å². The molecule has 0 amide bonds. The molecule has 1 heterocycles. The molecule has 0 aliphatic heterocycles. The summed E-state index contributed by atoms with van der Waals surface area (Å²) in [5.74, 6) is 0.207. The van der Waals surface area contributed by atoms with Gasteiger partial charge in [0.2, 0.25) is 0 Å². The van der Waals surface area contributed by atoms with Gasteiger partial charge in [0.25, 0.3) is 0 Å². The summed E-state index contributed by atoms with van der Waals surface area (Å²) in [6, 6.07) is 16.2. The van der Waals surface area contributed by atoms with Crippen molar-refractivity contribution in [1.82, 2.24) is 10.3 Å². The lowest BCUT2D eigenvalue weighted by molar-refractivity contribution is -0.139. The zero-order valence-electron chi connectivity index (χ0n) is 19.5. The number of aromatic nitrogens is 1. The highest BCUT2D eigenvalue weighted by molar-refractivity contribution is 9.10. The Balaban J connectivity index is 1.47. The standard InChI is InChI=1S/C27H25BrCl2N2O4/c1-2-35-25-11-17(9-20(28)26(25)36-15-16-7-8-21(29)22(30)10-16)13-31-24(27(33)34)12-18-14-32-23-6-4-3-5-19(18)23/h3-11,14,24,31-32H,2,12-13,15H2,1H3,(H,33,34). The highest BCUT2D eigenvalue weighted by Crippen LogP contribution is 2.38. The Morgan fingerprint density at radius 1 is 1.08 bits per heavy atom. The fourth-order valence-corrected chi connectivity index (χ4v) is 4.84. The first kappa shape index (κ1) is 26.4. The molecule has 1 atom stereocenters. The van der Waals surface area contributed by atoms with Crippen LogP contribution in [0.5, 0.6) is 11.5 Å². The van der Waals surface area contributed by atoms with Gasteiger partial charge in [-0.1, -0.05) is 47.5 Å². The van der Waals surface area contributed by atoms with Crippen molar-refractivity contribution in [2.45, 2.75) is 32.5 Å². The third kappa shape index (κ3) is 6.34. The molecule has 0 fully saturated rings. The van der Waals surface area contributed by atoms with Gasteiger partial charge >= 0.3 is 5.97 Å². The summed E-state index contributed by atoms with van der Waals surface area (Å²) in [5, 5.41) is 15.0. The van der Waals surface area contributed by atoms with Crippen LogP contribution in [0.15, 0.2) is 65.3 Å². The number of hydrogen-bond acceptors (Lipinski definition) is 4. The van der Waals surface area contributed by atoms with Crippen LogP contribution in [0.3, 0.4) is 0 Å². The number of carboxylic acids is 1. The summed E-state index contributed by atoms with van der Waals surface area (Å²) in [4.78, 5) is 15.2. The van der Waals surface area contributed by atoms with E-state index in [2.05, 4.69) is 26.2 Å². The minimum atomic E-state index is -0.911. The van der Waals surface area contributed by atoms with Crippen molar-refractivity contribution in [3.63, 3.8) is 0 Å². The number of para-hydroxylation sites is 1. The Kier molecular flexibility index (Phi) is 8.80. The molecule has 3 N–H and O–H groups in total. The van der Waals surface area contributed by atoms with Crippen LogP contribution in [0, 0.1) is 0 Å². The van der Waals surface area contributed by atoms with Crippen LogP contribution >= 0.6 is 39.1 Å². The summed E-state index contributed by atoms with van der Waals surface area (Å²) >= 11 is 15.7. The van der Waals surface area contributed by atoms with Gasteiger partial charge in [-0.2, -0.15) is 0 Å². The van der Waals surface area contributed by atoms with Gasteiger partial charge in [0.1, 0.15) is 12.6 Å². The van der Waals surface area contributed by atoms with Crippen molar-refractivity contribution < 1.29 is 19.4 Å². The Bertz CT molecular complexity index is 1380. The number of carbonyl (C=O) groups is 1. The van der Waals surface area contributed by atoms with Gasteiger partial charge in [-0.25, -0.2) is 0 Å². The van der Waals surface area contributed by atoms with Gasteiger partial charge in [0.15, 0.2) is 11.5 Å². The molecule has 0 bridgehead atoms. The molecular formula is C27H25BrCl2N2O4. The van der Waals surface area contributed by atoms with E-state index in [9.17, 15) is 9.90 Å². The van der Waals surface area contributed by atoms with Crippen molar-refractivity contribution in [2.24, 2.45) is 0 Å². The first-order valence-electron chi connectivity index (χ1n) is 11.4. The largest absolute Gasteiger partial charge is 0.490 e. The maximum absolute atomic E-state index is 12.0. The molecule has 0 saturated carbocycles. The molecule has 3 aromatic carbocycles. The molecule has 0 aliphatic rings. The maximum atomic E-state index is 12.0. The molecular weight excluding hydrogens is 567 g/mol. The highest BCUT2D eigenvalue weighted by atomic mass is 79.9. The molecule has 1 unspecified atom stereocenters. The number of benzene rings is 3. The summed E-state index contributed by atoms with van der Waals surface area (Å²) in [7, 11) is 0. The van der Waals surface area contributed by atoms with E-state index in [0.29, 0.717) is 45.6 Å². The third-order valence-electron chi connectivity index (χ3n) is 5.69. The second kappa shape index (κ2) is 12.0. The predicted molar refractivity (Wildman–Crippen MR) is 146 cm³/mol. The summed E-state index contributed by atoms with van der Waals surface area (Å²) in [6.07, 6.45) is 2.22. The van der Waals surface area contributed by atoms with Crippen molar-refractivity contribution in [3.05, 3.63) is 92.0 Å². The molecule has 0 spiro atoms. The van der Waals surface area contributed by atoms with Gasteiger partial charge in [0, 0.05) is 30.1 Å². The number of aromatic amines is 1. The first-order valence-corrected chi connectivity index (χ1v) is 12.9. The van der Waals surface area contributed by atoms with Crippen LogP contribution < -0.4 is 14.8 Å². The van der Waals surface area contributed by atoms with Crippen LogP contribution in [0.1, 0.15) is 23.6 Å². The lowest BCUT2D eigenvalue weighted by Crippen LogP contribution is -2.38. The van der Waals surface area contributed by atoms with E-state index in [4.69, 9.17) is 32.7 Å². The number of aliphatic carboxylic acids is 1. The fraction of sp³-hybridized carbons (Fsp3) is 0.222. The molecule has 0 radical (unpaired) electrons. The number of hydrogen-bond donors (Lipinski definition) is 3. The van der Waals surface area contributed by atoms with E-state index < -0.39 is 12.0 Å². The zero-order chi connectivity index (χ0) is 25.7. The molecule has 188 valence electrons. The Labute approximate surface area is 227 Å². The molecule has 0 aliphatic carbocycles. The molecule has 9 heteroatoms. The smallest absolute Gasteiger partial charge is 0.321 e. The lowest BCUT2D eigenvalue weighted by Gasteiger charge is -2.18. The number of carboxylic acid groups (broad SMARTS) is 1. The number of nitrogens with one attached hydrogen (secondary N) is 2. The van der Waals surface area contributed by atoms with E-state index in [-0.39, 0.29) is 6.61 Å². The quantitative estimate of drug-likeness (QED) is 0.175. The molecule has 36 heavy (non-hydrogen) atoms. The van der Waals surface area contributed by atoms with Gasteiger partial charge in [-0.3, -0.25) is 4.79 Å². The number of rotatable bonds is 11. The summed E-state index contributed by atoms with van der Waals surface area (Å²) in [6.45, 7) is 2.96. The fourth-order valence-electron chi connectivity index (χ4n) is 3.92. The number of ether oxygens (including phenoxy) is 2. The van der Waals surface area contributed by atoms with Crippen LogP contribution in [0.2, 0.25) is 10.0 Å². The molecule has 4 aromatic rings. The van der Waals surface area contributed by atoms with E-state index in [1.165, 1.54) is 0 Å². The van der Waals surface area contributed by atoms with Gasteiger partial charge in [0.05, 0.1) is 21.1 Å². The van der Waals surface area contributed by atoms with Crippen molar-refractivity contribution >= 4 is 56.0 Å². The number of halogens is 3. The molecule has 0 saturated heterocycles. The van der Waals surface area contributed by atoms with Crippen molar-refractivity contribution in [3.8, 4) is 11.5 Å².